The number of anilines is 1. The number of hydrogen-bond donors (Lipinski definition) is 3. The fourth-order valence-electron chi connectivity index (χ4n) is 3.44. The highest BCUT2D eigenvalue weighted by molar-refractivity contribution is 7.11. The van der Waals surface area contributed by atoms with Crippen LogP contribution in [0.1, 0.15) is 41.3 Å². The van der Waals surface area contributed by atoms with E-state index in [-0.39, 0.29) is 27.6 Å². The maximum Gasteiger partial charge on any atom is 0.344 e. The highest BCUT2D eigenvalue weighted by atomic mass is 32.1. The number of morpholine rings is 1. The highest BCUT2D eigenvalue weighted by Gasteiger charge is 2.24. The summed E-state index contributed by atoms with van der Waals surface area (Å²) < 4.78 is 42.7. The van der Waals surface area contributed by atoms with Crippen LogP contribution < -0.4 is 15.4 Å². The van der Waals surface area contributed by atoms with Crippen molar-refractivity contribution in [1.82, 2.24) is 14.6 Å². The van der Waals surface area contributed by atoms with Crippen LogP contribution in [0.4, 0.5) is 18.6 Å². The Morgan fingerprint density at radius 2 is 1.91 bits per heavy atom. The van der Waals surface area contributed by atoms with Gasteiger partial charge in [-0.25, -0.2) is 18.4 Å². The van der Waals surface area contributed by atoms with Gasteiger partial charge in [-0.1, -0.05) is 6.92 Å². The van der Waals surface area contributed by atoms with Crippen LogP contribution in [0.3, 0.4) is 0 Å². The van der Waals surface area contributed by atoms with E-state index < -0.39 is 30.2 Å². The number of carboxylic acid groups (broad SMARTS) is 1. The minimum atomic E-state index is -1.36. The van der Waals surface area contributed by atoms with Gasteiger partial charge in [0.05, 0.1) is 13.2 Å². The summed E-state index contributed by atoms with van der Waals surface area (Å²) in [5, 5.41) is 14.7. The highest BCUT2D eigenvalue weighted by Crippen LogP contribution is 2.31. The predicted molar refractivity (Wildman–Crippen MR) is 123 cm³/mol. The fraction of sp³-hybridized carbons (Fsp3) is 0.500. The predicted octanol–water partition coefficient (Wildman–Crippen LogP) is 3.49. The van der Waals surface area contributed by atoms with Crippen molar-refractivity contribution in [3.63, 3.8) is 0 Å². The average molecular weight is 499 g/mol. The molecule has 1 aromatic heterocycles. The SMILES string of the molecule is CCc1cc(F)c(COc2nsc(NC(=O)NCCCCN3CCOCC3)c2C(=O)O)cc1F. The third kappa shape index (κ3) is 7.08. The fourth-order valence-corrected chi connectivity index (χ4v) is 4.16. The lowest BCUT2D eigenvalue weighted by Crippen LogP contribution is -2.37. The number of carbonyl (C=O) groups excluding carboxylic acids is 1. The Kier molecular flexibility index (Phi) is 9.54. The molecule has 0 bridgehead atoms. The molecule has 0 unspecified atom stereocenters. The molecule has 0 spiro atoms. The van der Waals surface area contributed by atoms with Crippen LogP contribution in [0.5, 0.6) is 5.88 Å². The van der Waals surface area contributed by atoms with Gasteiger partial charge in [0.1, 0.15) is 23.2 Å². The molecule has 1 fully saturated rings. The van der Waals surface area contributed by atoms with Gasteiger partial charge in [0.2, 0.25) is 5.88 Å². The number of aromatic carboxylic acids is 1. The number of ether oxygens (including phenoxy) is 2. The lowest BCUT2D eigenvalue weighted by molar-refractivity contribution is 0.0372. The van der Waals surface area contributed by atoms with E-state index in [9.17, 15) is 23.5 Å². The van der Waals surface area contributed by atoms with E-state index in [1.807, 2.05) is 0 Å². The number of carboxylic acids is 1. The molecule has 9 nitrogen and oxygen atoms in total. The topological polar surface area (TPSA) is 113 Å². The second kappa shape index (κ2) is 12.6. The molecule has 1 aromatic carbocycles. The molecule has 2 aromatic rings. The average Bonchev–Trinajstić information content (AvgIpc) is 3.22. The van der Waals surface area contributed by atoms with Crippen molar-refractivity contribution in [2.45, 2.75) is 32.8 Å². The van der Waals surface area contributed by atoms with Crippen molar-refractivity contribution in [2.75, 3.05) is 44.7 Å². The molecule has 0 saturated carbocycles. The molecule has 3 N–H and O–H groups in total. The van der Waals surface area contributed by atoms with Gasteiger partial charge in [-0.15, -0.1) is 0 Å². The number of aryl methyl sites for hydroxylation is 1. The Bertz CT molecular complexity index is 998. The van der Waals surface area contributed by atoms with E-state index >= 15 is 0 Å². The number of rotatable bonds is 11. The zero-order chi connectivity index (χ0) is 24.5. The summed E-state index contributed by atoms with van der Waals surface area (Å²) in [6, 6.07) is 1.55. The van der Waals surface area contributed by atoms with Gasteiger partial charge in [-0.05, 0) is 55.0 Å². The molecule has 0 radical (unpaired) electrons. The maximum absolute atomic E-state index is 14.2. The first-order chi connectivity index (χ1) is 16.4. The Hall–Kier alpha value is -2.83. The Morgan fingerprint density at radius 3 is 2.62 bits per heavy atom. The smallest absolute Gasteiger partial charge is 0.344 e. The van der Waals surface area contributed by atoms with E-state index in [4.69, 9.17) is 9.47 Å². The van der Waals surface area contributed by atoms with Gasteiger partial charge < -0.3 is 19.9 Å². The van der Waals surface area contributed by atoms with Crippen LogP contribution in [0.15, 0.2) is 12.1 Å². The van der Waals surface area contributed by atoms with Crippen molar-refractivity contribution in [3.05, 3.63) is 40.5 Å². The zero-order valence-corrected chi connectivity index (χ0v) is 19.7. The minimum absolute atomic E-state index is 0.0127. The molecule has 1 aliphatic rings. The third-order valence-corrected chi connectivity index (χ3v) is 6.10. The van der Waals surface area contributed by atoms with Gasteiger partial charge in [-0.3, -0.25) is 10.2 Å². The molecule has 186 valence electrons. The van der Waals surface area contributed by atoms with Crippen LogP contribution in [0.25, 0.3) is 0 Å². The molecule has 2 heterocycles. The molecule has 12 heteroatoms. The number of amides is 2. The first-order valence-electron chi connectivity index (χ1n) is 11.1. The van der Waals surface area contributed by atoms with Gasteiger partial charge >= 0.3 is 12.0 Å². The van der Waals surface area contributed by atoms with Crippen LogP contribution in [-0.4, -0.2) is 65.8 Å². The van der Waals surface area contributed by atoms with Crippen LogP contribution in [-0.2, 0) is 17.8 Å². The number of aromatic nitrogens is 1. The number of unbranched alkanes of at least 4 members (excludes halogenated alkanes) is 1. The summed E-state index contributed by atoms with van der Waals surface area (Å²) in [7, 11) is 0. The number of carbonyl (C=O) groups is 2. The van der Waals surface area contributed by atoms with E-state index in [0.717, 1.165) is 69.4 Å². The second-order valence-electron chi connectivity index (χ2n) is 7.72. The summed E-state index contributed by atoms with van der Waals surface area (Å²) >= 11 is 0.730. The van der Waals surface area contributed by atoms with Gasteiger partial charge in [0, 0.05) is 25.2 Å². The van der Waals surface area contributed by atoms with E-state index in [1.165, 1.54) is 0 Å². The van der Waals surface area contributed by atoms with Crippen LogP contribution in [0.2, 0.25) is 0 Å². The number of urea groups is 1. The summed E-state index contributed by atoms with van der Waals surface area (Å²) in [5.41, 5.74) is -0.179. The normalized spacial score (nSPS) is 14.1. The zero-order valence-electron chi connectivity index (χ0n) is 18.9. The number of nitrogens with zero attached hydrogens (tertiary/aromatic N) is 2. The Morgan fingerprint density at radius 1 is 1.21 bits per heavy atom. The first-order valence-corrected chi connectivity index (χ1v) is 11.8. The van der Waals surface area contributed by atoms with Crippen molar-refractivity contribution in [1.29, 1.82) is 0 Å². The molecule has 0 atom stereocenters. The summed E-state index contributed by atoms with van der Waals surface area (Å²) in [5.74, 6) is -2.87. The molecule has 3 rings (SSSR count). The quantitative estimate of drug-likeness (QED) is 0.407. The molecule has 2 amide bonds. The summed E-state index contributed by atoms with van der Waals surface area (Å²) in [6.07, 6.45) is 2.02. The second-order valence-corrected chi connectivity index (χ2v) is 8.49. The largest absolute Gasteiger partial charge is 0.477 e. The van der Waals surface area contributed by atoms with Crippen LogP contribution in [0, 0.1) is 11.6 Å². The number of halogens is 2. The van der Waals surface area contributed by atoms with E-state index in [0.29, 0.717) is 13.0 Å². The van der Waals surface area contributed by atoms with Crippen molar-refractivity contribution < 1.29 is 33.0 Å². The number of nitrogens with one attached hydrogen (secondary N) is 2. The summed E-state index contributed by atoms with van der Waals surface area (Å²) in [6.45, 7) is 5.95. The molecular formula is C22H28F2N4O5S. The third-order valence-electron chi connectivity index (χ3n) is 5.35. The lowest BCUT2D eigenvalue weighted by atomic mass is 10.1. The van der Waals surface area contributed by atoms with Gasteiger partial charge in [0.15, 0.2) is 5.56 Å². The lowest BCUT2D eigenvalue weighted by Gasteiger charge is -2.26. The van der Waals surface area contributed by atoms with Crippen molar-refractivity contribution >= 4 is 28.5 Å². The van der Waals surface area contributed by atoms with Crippen molar-refractivity contribution in [3.8, 4) is 5.88 Å². The first kappa shape index (κ1) is 25.8. The van der Waals surface area contributed by atoms with Gasteiger partial charge in [0.25, 0.3) is 0 Å². The monoisotopic (exact) mass is 498 g/mol. The molecule has 1 saturated heterocycles. The standard InChI is InChI=1S/C22H28F2N4O5S/c1-2-14-11-17(24)15(12-16(14)23)13-33-19-18(21(29)30)20(34-27-19)26-22(31)25-5-3-4-6-28-7-9-32-10-8-28/h11-12H,2-10,13H2,1H3,(H,29,30)(H2,25,26,31). The molecule has 34 heavy (non-hydrogen) atoms. The molecular weight excluding hydrogens is 470 g/mol. The molecule has 0 aliphatic carbocycles. The number of benzene rings is 1. The van der Waals surface area contributed by atoms with Crippen LogP contribution >= 0.6 is 11.5 Å². The summed E-state index contributed by atoms with van der Waals surface area (Å²) in [4.78, 5) is 26.2. The Balaban J connectivity index is 1.50. The number of hydrogen-bond acceptors (Lipinski definition) is 7. The van der Waals surface area contributed by atoms with Crippen molar-refractivity contribution in [2.24, 2.45) is 0 Å². The minimum Gasteiger partial charge on any atom is -0.477 e. The Labute approximate surface area is 200 Å². The van der Waals surface area contributed by atoms with E-state index in [2.05, 4.69) is 19.9 Å². The van der Waals surface area contributed by atoms with E-state index in [1.54, 1.807) is 6.92 Å². The molecule has 1 aliphatic heterocycles. The van der Waals surface area contributed by atoms with Gasteiger partial charge in [-0.2, -0.15) is 4.37 Å². The maximum atomic E-state index is 14.2.